The highest BCUT2D eigenvalue weighted by Gasteiger charge is 2.38. The number of aliphatic hydroxyl groups excluding tert-OH is 1. The average Bonchev–Trinajstić information content (AvgIpc) is 3.36. The van der Waals surface area contributed by atoms with Gasteiger partial charge < -0.3 is 29.4 Å². The molecule has 1 amide bonds. The highest BCUT2D eigenvalue weighted by molar-refractivity contribution is 7.21. The van der Waals surface area contributed by atoms with Crippen LogP contribution < -0.4 is 5.32 Å². The molecular weight excluding hydrogens is 528 g/mol. The number of aryl methyl sites for hydroxylation is 1. The maximum atomic E-state index is 13.3. The number of benzene rings is 2. The minimum Gasteiger partial charge on any atom is -0.459 e. The van der Waals surface area contributed by atoms with E-state index in [1.54, 1.807) is 11.3 Å². The molecule has 216 valence electrons. The first-order valence-electron chi connectivity index (χ1n) is 13.9. The van der Waals surface area contributed by atoms with Crippen LogP contribution in [0.3, 0.4) is 0 Å². The average molecular weight is 569 g/mol. The van der Waals surface area contributed by atoms with Crippen LogP contribution in [0, 0.1) is 24.7 Å². The number of aromatic nitrogens is 1. The second-order valence-electron chi connectivity index (χ2n) is 10.2. The van der Waals surface area contributed by atoms with Crippen molar-refractivity contribution in [2.45, 2.75) is 40.4 Å². The van der Waals surface area contributed by atoms with Crippen molar-refractivity contribution >= 4 is 33.1 Å². The number of nitrogens with one attached hydrogen (secondary N) is 1. The number of aliphatic hydroxyl groups is 1. The summed E-state index contributed by atoms with van der Waals surface area (Å²) in [6.07, 6.45) is 2.12. The van der Waals surface area contributed by atoms with Crippen LogP contribution in [0.25, 0.3) is 20.8 Å². The van der Waals surface area contributed by atoms with Gasteiger partial charge in [0.25, 0.3) is 5.91 Å². The van der Waals surface area contributed by atoms with Crippen molar-refractivity contribution in [2.75, 3.05) is 45.0 Å². The lowest BCUT2D eigenvalue weighted by Crippen LogP contribution is -2.40. The lowest BCUT2D eigenvalue weighted by Gasteiger charge is -2.38. The van der Waals surface area contributed by atoms with Crippen molar-refractivity contribution in [3.05, 3.63) is 59.9 Å². The Bertz CT molecular complexity index is 1270. The second-order valence-corrected chi connectivity index (χ2v) is 11.2. The van der Waals surface area contributed by atoms with Crippen molar-refractivity contribution < 1.29 is 28.8 Å². The van der Waals surface area contributed by atoms with E-state index in [1.165, 1.54) is 5.56 Å². The molecule has 0 aliphatic carbocycles. The standard InChI is InChI=1S/C31H40N2O6S/c1-5-38-31-24(12-14-36-16-17-37-15-13-34)25(20(2)3)19-27(39-31)29(35)32-23-9-7-22(8-10-23)30-33-26-11-6-21(4)18-28(26)40-30/h6-11,18-20,24-25,31,34H,5,12-17H2,1-4H3,(H,32,35)/t24-,25-,31-/m1/s1. The molecule has 0 bridgehead atoms. The van der Waals surface area contributed by atoms with Gasteiger partial charge in [-0.2, -0.15) is 0 Å². The zero-order valence-electron chi connectivity index (χ0n) is 23.7. The fourth-order valence-electron chi connectivity index (χ4n) is 4.85. The van der Waals surface area contributed by atoms with E-state index in [1.807, 2.05) is 43.3 Å². The fraction of sp³-hybridized carbons (Fsp3) is 0.484. The summed E-state index contributed by atoms with van der Waals surface area (Å²) in [5.74, 6) is 0.396. The third kappa shape index (κ3) is 7.89. The molecule has 0 saturated heterocycles. The summed E-state index contributed by atoms with van der Waals surface area (Å²) in [7, 11) is 0. The normalized spacial score (nSPS) is 19.1. The van der Waals surface area contributed by atoms with E-state index < -0.39 is 6.29 Å². The van der Waals surface area contributed by atoms with Crippen LogP contribution in [0.1, 0.15) is 32.8 Å². The van der Waals surface area contributed by atoms with Gasteiger partial charge in [0.15, 0.2) is 5.76 Å². The molecule has 40 heavy (non-hydrogen) atoms. The summed E-state index contributed by atoms with van der Waals surface area (Å²) in [4.78, 5) is 18.0. The molecule has 8 nitrogen and oxygen atoms in total. The van der Waals surface area contributed by atoms with Gasteiger partial charge in [-0.1, -0.05) is 19.9 Å². The highest BCUT2D eigenvalue weighted by Crippen LogP contribution is 2.37. The Kier molecular flexibility index (Phi) is 11.1. The van der Waals surface area contributed by atoms with Gasteiger partial charge in [0.1, 0.15) is 5.01 Å². The Morgan fingerprint density at radius 1 is 1.10 bits per heavy atom. The third-order valence-corrected chi connectivity index (χ3v) is 7.96. The van der Waals surface area contributed by atoms with E-state index in [2.05, 4.69) is 38.2 Å². The van der Waals surface area contributed by atoms with Crippen molar-refractivity contribution in [3.63, 3.8) is 0 Å². The first-order chi connectivity index (χ1) is 19.4. The van der Waals surface area contributed by atoms with Crippen LogP contribution in [0.15, 0.2) is 54.3 Å². The van der Waals surface area contributed by atoms with Crippen molar-refractivity contribution in [1.29, 1.82) is 0 Å². The summed E-state index contributed by atoms with van der Waals surface area (Å²) in [5, 5.41) is 12.7. The van der Waals surface area contributed by atoms with Crippen LogP contribution in [0.2, 0.25) is 0 Å². The Balaban J connectivity index is 1.40. The molecule has 2 aromatic carbocycles. The maximum absolute atomic E-state index is 13.3. The molecule has 2 N–H and O–H groups in total. The number of hydrogen-bond donors (Lipinski definition) is 2. The topological polar surface area (TPSA) is 99.1 Å². The molecular formula is C31H40N2O6S. The Morgan fingerprint density at radius 2 is 1.85 bits per heavy atom. The number of thiazole rings is 1. The number of anilines is 1. The summed E-state index contributed by atoms with van der Waals surface area (Å²) in [5.41, 5.74) is 3.89. The lowest BCUT2D eigenvalue weighted by atomic mass is 9.79. The van der Waals surface area contributed by atoms with Gasteiger partial charge in [-0.05, 0) is 80.1 Å². The molecule has 0 saturated carbocycles. The minimum atomic E-state index is -0.539. The van der Waals surface area contributed by atoms with E-state index in [9.17, 15) is 4.79 Å². The first kappa shape index (κ1) is 30.1. The summed E-state index contributed by atoms with van der Waals surface area (Å²) in [6, 6.07) is 14.0. The van der Waals surface area contributed by atoms with Gasteiger partial charge >= 0.3 is 0 Å². The monoisotopic (exact) mass is 568 g/mol. The summed E-state index contributed by atoms with van der Waals surface area (Å²) >= 11 is 1.66. The number of fused-ring (bicyclic) bond motifs is 1. The number of ether oxygens (including phenoxy) is 4. The fourth-order valence-corrected chi connectivity index (χ4v) is 5.92. The Morgan fingerprint density at radius 3 is 2.55 bits per heavy atom. The molecule has 0 unspecified atom stereocenters. The summed E-state index contributed by atoms with van der Waals surface area (Å²) in [6.45, 7) is 10.5. The molecule has 1 aliphatic rings. The number of hydrogen-bond acceptors (Lipinski definition) is 8. The van der Waals surface area contributed by atoms with Crippen molar-refractivity contribution in [2.24, 2.45) is 17.8 Å². The number of nitrogens with zero attached hydrogens (tertiary/aromatic N) is 1. The number of carbonyl (C=O) groups excluding carboxylic acids is 1. The third-order valence-electron chi connectivity index (χ3n) is 6.89. The van der Waals surface area contributed by atoms with E-state index >= 15 is 0 Å². The molecule has 3 atom stereocenters. The zero-order chi connectivity index (χ0) is 28.5. The molecule has 3 aromatic rings. The molecule has 4 rings (SSSR count). The largest absolute Gasteiger partial charge is 0.459 e. The Labute approximate surface area is 240 Å². The molecule has 2 heterocycles. The van der Waals surface area contributed by atoms with Gasteiger partial charge in [0, 0.05) is 30.4 Å². The summed E-state index contributed by atoms with van der Waals surface area (Å²) < 4.78 is 24.2. The smallest absolute Gasteiger partial charge is 0.290 e. The predicted octanol–water partition coefficient (Wildman–Crippen LogP) is 5.79. The van der Waals surface area contributed by atoms with Gasteiger partial charge in [0.2, 0.25) is 6.29 Å². The van der Waals surface area contributed by atoms with E-state index in [-0.39, 0.29) is 36.0 Å². The van der Waals surface area contributed by atoms with Crippen LogP contribution in [-0.2, 0) is 23.7 Å². The number of allylic oxidation sites excluding steroid dienone is 1. The van der Waals surface area contributed by atoms with Crippen molar-refractivity contribution in [3.8, 4) is 10.6 Å². The second kappa shape index (κ2) is 14.7. The number of carbonyl (C=O) groups is 1. The molecule has 9 heteroatoms. The molecule has 1 aromatic heterocycles. The predicted molar refractivity (Wildman–Crippen MR) is 158 cm³/mol. The SMILES string of the molecule is CCO[C@@H]1OC(C(=O)Nc2ccc(-c3nc4ccc(C)cc4s3)cc2)=C[C@H](C(C)C)[C@H]1CCOCCOCCO. The highest BCUT2D eigenvalue weighted by atomic mass is 32.1. The van der Waals surface area contributed by atoms with E-state index in [0.717, 1.165) is 27.2 Å². The number of amides is 1. The Hall–Kier alpha value is -2.82. The minimum absolute atomic E-state index is 0.00297. The van der Waals surface area contributed by atoms with Gasteiger partial charge in [-0.15, -0.1) is 11.3 Å². The van der Waals surface area contributed by atoms with E-state index in [0.29, 0.717) is 38.7 Å². The lowest BCUT2D eigenvalue weighted by molar-refractivity contribution is -0.175. The van der Waals surface area contributed by atoms with Crippen LogP contribution in [0.4, 0.5) is 5.69 Å². The van der Waals surface area contributed by atoms with Crippen LogP contribution in [-0.4, -0.2) is 61.9 Å². The van der Waals surface area contributed by atoms with Gasteiger partial charge in [0.05, 0.1) is 36.6 Å². The molecule has 0 spiro atoms. The zero-order valence-corrected chi connectivity index (χ0v) is 24.5. The molecule has 0 fully saturated rings. The van der Waals surface area contributed by atoms with Crippen LogP contribution >= 0.6 is 11.3 Å². The van der Waals surface area contributed by atoms with Gasteiger partial charge in [-0.3, -0.25) is 4.79 Å². The first-order valence-corrected chi connectivity index (χ1v) is 14.8. The quantitative estimate of drug-likeness (QED) is 0.238. The van der Waals surface area contributed by atoms with E-state index in [4.69, 9.17) is 29.0 Å². The van der Waals surface area contributed by atoms with Crippen LogP contribution in [0.5, 0.6) is 0 Å². The van der Waals surface area contributed by atoms with Crippen molar-refractivity contribution in [1.82, 2.24) is 4.98 Å². The van der Waals surface area contributed by atoms with Gasteiger partial charge in [-0.25, -0.2) is 4.98 Å². The molecule has 1 aliphatic heterocycles. The molecule has 0 radical (unpaired) electrons. The number of rotatable bonds is 14. The maximum Gasteiger partial charge on any atom is 0.290 e.